The van der Waals surface area contributed by atoms with Crippen LogP contribution in [0.1, 0.15) is 0 Å². The summed E-state index contributed by atoms with van der Waals surface area (Å²) in [4.78, 5) is 0. The summed E-state index contributed by atoms with van der Waals surface area (Å²) in [6, 6.07) is 5.67. The Labute approximate surface area is 82.0 Å². The van der Waals surface area contributed by atoms with E-state index in [4.69, 9.17) is 28.5 Å². The van der Waals surface area contributed by atoms with Crippen molar-refractivity contribution in [1.82, 2.24) is 0 Å². The minimum atomic E-state index is -4.92. The summed E-state index contributed by atoms with van der Waals surface area (Å²) < 4.78 is 34.3. The van der Waals surface area contributed by atoms with Crippen LogP contribution < -0.4 is 10.5 Å². The molecule has 14 heavy (non-hydrogen) atoms. The topological polar surface area (TPSA) is 128 Å². The third-order valence-corrected chi connectivity index (χ3v) is 0.739. The van der Waals surface area contributed by atoms with Crippen LogP contribution >= 0.6 is 0 Å². The molecule has 0 amide bonds. The van der Waals surface area contributed by atoms with E-state index in [0.717, 1.165) is 7.11 Å². The molecule has 7 nitrogen and oxygen atoms in total. The number of hydrogen-bond donors (Lipinski definition) is 3. The monoisotopic (exact) mass is 224 g/mol. The summed E-state index contributed by atoms with van der Waals surface area (Å²) in [5, 5.41) is 7.00. The Kier molecular flexibility index (Phi) is 9.14. The van der Waals surface area contributed by atoms with Gasteiger partial charge in [-0.3, -0.25) is 4.55 Å². The number of rotatable bonds is 0. The number of hydrogen-bond acceptors (Lipinski definition) is 5. The molecule has 0 bridgehead atoms. The Morgan fingerprint density at radius 3 is 1.64 bits per heavy atom. The van der Waals surface area contributed by atoms with Crippen molar-refractivity contribution < 1.29 is 27.3 Å². The van der Waals surface area contributed by atoms with Gasteiger partial charge in [0.25, 0.3) is 0 Å². The first-order valence-electron chi connectivity index (χ1n) is 3.24. The second kappa shape index (κ2) is 8.38. The highest BCUT2D eigenvalue weighted by Gasteiger charge is 1.79. The Morgan fingerprint density at radius 2 is 1.50 bits per heavy atom. The molecule has 1 aromatic rings. The number of aliphatic hydroxyl groups is 1. The van der Waals surface area contributed by atoms with Gasteiger partial charge >= 0.3 is 0 Å². The maximum Gasteiger partial charge on any atom is 0.215 e. The number of nitrogens with two attached hydrogens (primary N) is 1. The Balaban J connectivity index is 0. The van der Waals surface area contributed by atoms with Crippen LogP contribution in [0.4, 0.5) is 0 Å². The minimum Gasteiger partial charge on any atom is -0.726 e. The fourth-order valence-electron chi connectivity index (χ4n) is 0.412. The minimum absolute atomic E-state index is 1.00. The molecule has 0 spiro atoms. The van der Waals surface area contributed by atoms with Crippen molar-refractivity contribution in [1.29, 1.82) is 0 Å². The molecule has 4 N–H and O–H groups in total. The lowest BCUT2D eigenvalue weighted by atomic mass is 10.5. The predicted molar refractivity (Wildman–Crippen MR) is 47.3 cm³/mol. The average molecular weight is 224 g/mol. The van der Waals surface area contributed by atoms with Gasteiger partial charge in [0.2, 0.25) is 10.4 Å². The first kappa shape index (κ1) is 15.3. The molecule has 0 radical (unpaired) electrons. The molecule has 0 atom stereocenters. The summed E-state index contributed by atoms with van der Waals surface area (Å²) in [5.74, 6) is 5.27. The van der Waals surface area contributed by atoms with Gasteiger partial charge in [-0.15, -0.1) is 0 Å². The molecule has 0 aliphatic heterocycles. The van der Waals surface area contributed by atoms with E-state index in [-0.39, 0.29) is 0 Å². The lowest BCUT2D eigenvalue weighted by Crippen LogP contribution is -2.42. The highest BCUT2D eigenvalue weighted by Crippen LogP contribution is 1.70. The van der Waals surface area contributed by atoms with Gasteiger partial charge in [0.05, 0.1) is 0 Å². The first-order chi connectivity index (χ1) is 6.39. The van der Waals surface area contributed by atoms with E-state index in [9.17, 15) is 0 Å². The molecule has 1 rings (SSSR count). The van der Waals surface area contributed by atoms with Gasteiger partial charge in [-0.1, -0.05) is 10.7 Å². The van der Waals surface area contributed by atoms with Gasteiger partial charge in [-0.05, 0) is 0 Å². The standard InChI is InChI=1S/C5H7N2.CH4O.H2O4S/c6-7-4-2-1-3-5-7;1-2;1-5(2,3)4/h1-5H,6H2;2H,1H3;(H2,1,2,3,4)/q+1;;/p-1. The van der Waals surface area contributed by atoms with Crippen LogP contribution in [0.5, 0.6) is 0 Å². The van der Waals surface area contributed by atoms with E-state index in [1.165, 1.54) is 4.68 Å². The largest absolute Gasteiger partial charge is 0.726 e. The molecule has 1 aromatic heterocycles. The smallest absolute Gasteiger partial charge is 0.215 e. The van der Waals surface area contributed by atoms with Crippen LogP contribution in [0.3, 0.4) is 0 Å². The molecule has 1 heterocycles. The molecule has 0 saturated carbocycles. The van der Waals surface area contributed by atoms with Crippen LogP contribution in [-0.4, -0.2) is 29.7 Å². The number of nitrogen functional groups attached to an aromatic ring is 1. The van der Waals surface area contributed by atoms with E-state index in [1.807, 2.05) is 18.2 Å². The SMILES string of the molecule is CO.N[n+]1ccccc1.O=S(=O)([O-])O. The Hall–Kier alpha value is -1.22. The van der Waals surface area contributed by atoms with Crippen molar-refractivity contribution in [3.63, 3.8) is 0 Å². The average Bonchev–Trinajstić information content (AvgIpc) is 2.06. The number of aromatic nitrogens is 1. The highest BCUT2D eigenvalue weighted by molar-refractivity contribution is 7.79. The van der Waals surface area contributed by atoms with Crippen LogP contribution in [0.2, 0.25) is 0 Å². The van der Waals surface area contributed by atoms with E-state index < -0.39 is 10.4 Å². The second-order valence-corrected chi connectivity index (χ2v) is 2.61. The van der Waals surface area contributed by atoms with Crippen LogP contribution in [-0.2, 0) is 10.4 Å². The van der Waals surface area contributed by atoms with E-state index in [1.54, 1.807) is 12.4 Å². The molecule has 8 heteroatoms. The van der Waals surface area contributed by atoms with Crippen molar-refractivity contribution in [2.45, 2.75) is 0 Å². The van der Waals surface area contributed by atoms with E-state index >= 15 is 0 Å². The van der Waals surface area contributed by atoms with Gasteiger partial charge < -0.3 is 9.66 Å². The maximum absolute atomic E-state index is 8.63. The van der Waals surface area contributed by atoms with E-state index in [0.29, 0.717) is 0 Å². The van der Waals surface area contributed by atoms with Gasteiger partial charge in [-0.25, -0.2) is 14.3 Å². The normalized spacial score (nSPS) is 8.86. The molecular formula is C6H12N2O5S. The summed E-state index contributed by atoms with van der Waals surface area (Å²) in [5.41, 5.74) is 0. The summed E-state index contributed by atoms with van der Waals surface area (Å²) in [7, 11) is -3.92. The third-order valence-electron chi connectivity index (χ3n) is 0.739. The summed E-state index contributed by atoms with van der Waals surface area (Å²) >= 11 is 0. The van der Waals surface area contributed by atoms with Crippen molar-refractivity contribution in [2.75, 3.05) is 13.0 Å². The molecule has 0 aliphatic carbocycles. The van der Waals surface area contributed by atoms with Crippen LogP contribution in [0, 0.1) is 0 Å². The maximum atomic E-state index is 8.63. The lowest BCUT2D eigenvalue weighted by molar-refractivity contribution is -0.638. The highest BCUT2D eigenvalue weighted by atomic mass is 32.3. The quantitative estimate of drug-likeness (QED) is 0.208. The van der Waals surface area contributed by atoms with Crippen LogP contribution in [0.25, 0.3) is 0 Å². The molecular weight excluding hydrogens is 212 g/mol. The zero-order valence-corrected chi connectivity index (χ0v) is 8.26. The fourth-order valence-corrected chi connectivity index (χ4v) is 0.412. The first-order valence-corrected chi connectivity index (χ1v) is 4.60. The Morgan fingerprint density at radius 1 is 1.21 bits per heavy atom. The zero-order valence-electron chi connectivity index (χ0n) is 7.44. The van der Waals surface area contributed by atoms with Gasteiger partial charge in [0, 0.05) is 19.2 Å². The molecule has 0 aliphatic rings. The molecule has 0 saturated heterocycles. The number of aliphatic hydroxyl groups excluding tert-OH is 1. The van der Waals surface area contributed by atoms with Crippen molar-refractivity contribution in [3.8, 4) is 0 Å². The van der Waals surface area contributed by atoms with Crippen LogP contribution in [0.15, 0.2) is 30.6 Å². The molecule has 82 valence electrons. The number of pyridine rings is 1. The lowest BCUT2D eigenvalue weighted by Gasteiger charge is -1.88. The van der Waals surface area contributed by atoms with E-state index in [2.05, 4.69) is 0 Å². The summed E-state index contributed by atoms with van der Waals surface area (Å²) in [6.45, 7) is 0. The second-order valence-electron chi connectivity index (χ2n) is 1.75. The third kappa shape index (κ3) is 22.4. The predicted octanol–water partition coefficient (Wildman–Crippen LogP) is -1.70. The fraction of sp³-hybridized carbons (Fsp3) is 0.167. The van der Waals surface area contributed by atoms with Gasteiger partial charge in [-0.2, -0.15) is 0 Å². The van der Waals surface area contributed by atoms with Gasteiger partial charge in [0.1, 0.15) is 0 Å². The van der Waals surface area contributed by atoms with Crippen molar-refractivity contribution in [2.24, 2.45) is 0 Å². The molecule has 0 unspecified atom stereocenters. The number of nitrogens with zero attached hydrogens (tertiary/aromatic N) is 1. The molecule has 0 fully saturated rings. The molecule has 0 aromatic carbocycles. The Bertz CT molecular complexity index is 304. The summed E-state index contributed by atoms with van der Waals surface area (Å²) in [6.07, 6.45) is 3.56. The van der Waals surface area contributed by atoms with Gasteiger partial charge in [0.15, 0.2) is 12.4 Å². The van der Waals surface area contributed by atoms with Crippen molar-refractivity contribution >= 4 is 10.4 Å². The zero-order chi connectivity index (χ0) is 11.6. The van der Waals surface area contributed by atoms with Crippen molar-refractivity contribution in [3.05, 3.63) is 30.6 Å².